The van der Waals surface area contributed by atoms with Crippen LogP contribution in [0.3, 0.4) is 0 Å². The van der Waals surface area contributed by atoms with E-state index in [1.807, 2.05) is 20.2 Å². The first-order valence-electron chi connectivity index (χ1n) is 9.87. The predicted octanol–water partition coefficient (Wildman–Crippen LogP) is 2.54. The number of hydrogen-bond acceptors (Lipinski definition) is 6. The number of hydrogen-bond donors (Lipinski definition) is 2. The van der Waals surface area contributed by atoms with E-state index in [1.54, 1.807) is 40.9 Å². The van der Waals surface area contributed by atoms with Gasteiger partial charge in [-0.1, -0.05) is 0 Å². The maximum absolute atomic E-state index is 14.9. The summed E-state index contributed by atoms with van der Waals surface area (Å²) in [5.41, 5.74) is 9.01. The summed E-state index contributed by atoms with van der Waals surface area (Å²) in [6, 6.07) is 3.32. The monoisotopic (exact) mass is 420 g/mol. The van der Waals surface area contributed by atoms with Crippen LogP contribution in [0.5, 0.6) is 0 Å². The van der Waals surface area contributed by atoms with Gasteiger partial charge in [0.15, 0.2) is 11.6 Å². The Labute approximate surface area is 177 Å². The minimum Gasteiger partial charge on any atom is -0.395 e. The first kappa shape index (κ1) is 19.2. The van der Waals surface area contributed by atoms with Gasteiger partial charge in [-0.15, -0.1) is 10.2 Å². The number of anilines is 2. The van der Waals surface area contributed by atoms with Crippen LogP contribution >= 0.6 is 0 Å². The van der Waals surface area contributed by atoms with E-state index in [-0.39, 0.29) is 28.9 Å². The van der Waals surface area contributed by atoms with Crippen LogP contribution in [-0.2, 0) is 18.9 Å². The lowest BCUT2D eigenvalue weighted by molar-refractivity contribution is -0.117. The molecule has 3 N–H and O–H groups in total. The molecule has 0 spiro atoms. The molecule has 0 saturated heterocycles. The number of aromatic nitrogens is 6. The Morgan fingerprint density at radius 1 is 1.19 bits per heavy atom. The molecule has 5 rings (SSSR count). The topological polar surface area (TPSA) is 117 Å². The molecule has 1 aromatic carbocycles. The number of nitrogen functional groups attached to an aromatic ring is 1. The van der Waals surface area contributed by atoms with Crippen molar-refractivity contribution in [1.82, 2.24) is 29.8 Å². The van der Waals surface area contributed by atoms with Crippen LogP contribution in [0.2, 0.25) is 0 Å². The lowest BCUT2D eigenvalue weighted by Crippen LogP contribution is -2.16. The second kappa shape index (κ2) is 6.86. The van der Waals surface area contributed by atoms with Crippen LogP contribution in [0.4, 0.5) is 15.9 Å². The molecular formula is C21H21FN8O. The largest absolute Gasteiger partial charge is 0.395 e. The zero-order chi connectivity index (χ0) is 21.9. The third kappa shape index (κ3) is 3.20. The standard InChI is InChI=1S/C21H21FN8O/c1-10-16(8-25-30(10)3)14-4-11-5-17(27-28-20(11)19(23)18(14)22)26-21(31)15-6-13(15)12-7-24-29(2)9-12/h4-5,7-9,13,15H,6,23H2,1-3H3,(H,26,27,31)/t13-,15+/m1/s1. The highest BCUT2D eigenvalue weighted by Crippen LogP contribution is 2.47. The number of benzene rings is 1. The van der Waals surface area contributed by atoms with E-state index in [0.717, 1.165) is 17.7 Å². The van der Waals surface area contributed by atoms with Crippen LogP contribution in [0, 0.1) is 18.7 Å². The third-order valence-electron chi connectivity index (χ3n) is 5.91. The molecule has 10 heteroatoms. The molecule has 0 radical (unpaired) electrons. The summed E-state index contributed by atoms with van der Waals surface area (Å²) in [4.78, 5) is 12.7. The summed E-state index contributed by atoms with van der Waals surface area (Å²) in [5, 5.41) is 19.8. The van der Waals surface area contributed by atoms with E-state index in [9.17, 15) is 9.18 Å². The number of fused-ring (bicyclic) bond motifs is 1. The molecule has 3 aromatic heterocycles. The van der Waals surface area contributed by atoms with E-state index in [1.165, 1.54) is 0 Å². The molecule has 3 heterocycles. The molecule has 9 nitrogen and oxygen atoms in total. The molecule has 1 amide bonds. The van der Waals surface area contributed by atoms with Gasteiger partial charge in [0.1, 0.15) is 5.52 Å². The van der Waals surface area contributed by atoms with E-state index in [2.05, 4.69) is 25.7 Å². The Bertz CT molecular complexity index is 1340. The van der Waals surface area contributed by atoms with Crippen LogP contribution in [0.25, 0.3) is 22.0 Å². The highest BCUT2D eigenvalue weighted by molar-refractivity contribution is 5.98. The van der Waals surface area contributed by atoms with Gasteiger partial charge in [-0.05, 0) is 37.0 Å². The zero-order valence-corrected chi connectivity index (χ0v) is 17.3. The average Bonchev–Trinajstić information content (AvgIpc) is 3.33. The number of carbonyl (C=O) groups is 1. The Balaban J connectivity index is 1.44. The molecule has 0 unspecified atom stereocenters. The summed E-state index contributed by atoms with van der Waals surface area (Å²) < 4.78 is 18.3. The fourth-order valence-electron chi connectivity index (χ4n) is 3.92. The number of nitrogens with two attached hydrogens (primary N) is 1. The number of carbonyl (C=O) groups excluding carboxylic acids is 1. The van der Waals surface area contributed by atoms with Crippen molar-refractivity contribution in [3.8, 4) is 11.1 Å². The fourth-order valence-corrected chi connectivity index (χ4v) is 3.92. The van der Waals surface area contributed by atoms with Crippen LogP contribution in [0.1, 0.15) is 23.6 Å². The van der Waals surface area contributed by atoms with E-state index >= 15 is 0 Å². The van der Waals surface area contributed by atoms with Crippen molar-refractivity contribution in [2.45, 2.75) is 19.3 Å². The van der Waals surface area contributed by atoms with Crippen molar-refractivity contribution >= 4 is 28.3 Å². The number of halogens is 1. The van der Waals surface area contributed by atoms with E-state index < -0.39 is 5.82 Å². The molecule has 0 aliphatic heterocycles. The van der Waals surface area contributed by atoms with Gasteiger partial charge in [-0.3, -0.25) is 14.2 Å². The minimum atomic E-state index is -0.563. The van der Waals surface area contributed by atoms with Crippen molar-refractivity contribution in [3.05, 3.63) is 47.8 Å². The SMILES string of the molecule is Cc1c(-c2cc3cc(NC(=O)[C@H]4C[C@@H]4c4cnn(C)c4)nnc3c(N)c2F)cnn1C. The maximum atomic E-state index is 14.9. The van der Waals surface area contributed by atoms with Crippen LogP contribution in [-0.4, -0.2) is 35.7 Å². The van der Waals surface area contributed by atoms with Crippen molar-refractivity contribution in [1.29, 1.82) is 0 Å². The second-order valence-corrected chi connectivity index (χ2v) is 7.97. The first-order valence-corrected chi connectivity index (χ1v) is 9.87. The van der Waals surface area contributed by atoms with Gasteiger partial charge in [0.2, 0.25) is 5.91 Å². The normalized spacial score (nSPS) is 17.8. The quantitative estimate of drug-likeness (QED) is 0.490. The van der Waals surface area contributed by atoms with Crippen molar-refractivity contribution in [2.24, 2.45) is 20.0 Å². The molecule has 0 bridgehead atoms. The summed E-state index contributed by atoms with van der Waals surface area (Å²) >= 11 is 0. The molecule has 1 saturated carbocycles. The van der Waals surface area contributed by atoms with Gasteiger partial charge < -0.3 is 11.1 Å². The first-order chi connectivity index (χ1) is 14.8. The second-order valence-electron chi connectivity index (χ2n) is 7.97. The van der Waals surface area contributed by atoms with Crippen molar-refractivity contribution in [3.63, 3.8) is 0 Å². The van der Waals surface area contributed by atoms with E-state index in [4.69, 9.17) is 5.73 Å². The average molecular weight is 420 g/mol. The fraction of sp³-hybridized carbons (Fsp3) is 0.286. The summed E-state index contributed by atoms with van der Waals surface area (Å²) in [6.45, 7) is 1.85. The van der Waals surface area contributed by atoms with Gasteiger partial charge in [-0.25, -0.2) is 4.39 Å². The van der Waals surface area contributed by atoms with Gasteiger partial charge in [0, 0.05) is 48.4 Å². The van der Waals surface area contributed by atoms with Crippen LogP contribution < -0.4 is 11.1 Å². The van der Waals surface area contributed by atoms with Gasteiger partial charge in [0.25, 0.3) is 0 Å². The molecular weight excluding hydrogens is 399 g/mol. The van der Waals surface area contributed by atoms with Gasteiger partial charge in [0.05, 0.1) is 18.1 Å². The summed E-state index contributed by atoms with van der Waals surface area (Å²) in [6.07, 6.45) is 6.07. The zero-order valence-electron chi connectivity index (χ0n) is 17.3. The number of nitrogens with one attached hydrogen (secondary N) is 1. The number of rotatable bonds is 4. The highest BCUT2D eigenvalue weighted by Gasteiger charge is 2.44. The van der Waals surface area contributed by atoms with Crippen LogP contribution in [0.15, 0.2) is 30.7 Å². The molecule has 1 aliphatic rings. The molecule has 158 valence electrons. The number of amides is 1. The Hall–Kier alpha value is -3.82. The lowest BCUT2D eigenvalue weighted by Gasteiger charge is -2.10. The lowest BCUT2D eigenvalue weighted by atomic mass is 10.0. The smallest absolute Gasteiger partial charge is 0.229 e. The minimum absolute atomic E-state index is 0.0834. The molecule has 2 atom stereocenters. The molecule has 31 heavy (non-hydrogen) atoms. The number of aryl methyl sites for hydroxylation is 2. The van der Waals surface area contributed by atoms with Crippen molar-refractivity contribution in [2.75, 3.05) is 11.1 Å². The summed E-state index contributed by atoms with van der Waals surface area (Å²) in [5.74, 6) is -0.359. The van der Waals surface area contributed by atoms with Crippen molar-refractivity contribution < 1.29 is 9.18 Å². The molecule has 1 fully saturated rings. The Kier molecular flexibility index (Phi) is 4.24. The third-order valence-corrected chi connectivity index (χ3v) is 5.91. The Morgan fingerprint density at radius 3 is 2.68 bits per heavy atom. The summed E-state index contributed by atoms with van der Waals surface area (Å²) in [7, 11) is 3.64. The predicted molar refractivity (Wildman–Crippen MR) is 114 cm³/mol. The number of nitrogens with zero attached hydrogens (tertiary/aromatic N) is 6. The Morgan fingerprint density at radius 2 is 2.00 bits per heavy atom. The molecule has 4 aromatic rings. The molecule has 1 aliphatic carbocycles. The highest BCUT2D eigenvalue weighted by atomic mass is 19.1. The van der Waals surface area contributed by atoms with Gasteiger partial charge in [-0.2, -0.15) is 10.2 Å². The van der Waals surface area contributed by atoms with Gasteiger partial charge >= 0.3 is 0 Å². The maximum Gasteiger partial charge on any atom is 0.229 e. The van der Waals surface area contributed by atoms with E-state index in [0.29, 0.717) is 22.3 Å².